The third-order valence-electron chi connectivity index (χ3n) is 5.99. The molecule has 2 atom stereocenters. The molecule has 0 bridgehead atoms. The number of carbonyl (C=O) groups is 1. The zero-order valence-electron chi connectivity index (χ0n) is 18.8. The maximum Gasteiger partial charge on any atom is 0.254 e. The molecular formula is C25H23FN4O3S. The van der Waals surface area contributed by atoms with E-state index in [2.05, 4.69) is 9.97 Å². The largest absolute Gasteiger partial charge is 0.377 e. The van der Waals surface area contributed by atoms with Gasteiger partial charge in [-0.15, -0.1) is 0 Å². The summed E-state index contributed by atoms with van der Waals surface area (Å²) in [6, 6.07) is 11.8. The molecule has 0 N–H and O–H groups in total. The van der Waals surface area contributed by atoms with Crippen LogP contribution in [0.4, 0.5) is 4.39 Å². The van der Waals surface area contributed by atoms with Crippen molar-refractivity contribution in [2.75, 3.05) is 26.0 Å². The van der Waals surface area contributed by atoms with Gasteiger partial charge in [-0.3, -0.25) is 13.6 Å². The standard InChI is InChI=1S/C25H23FN4O3S/c1-16-15-33-10-9-29(16)24(31)17-7-8-20-22(11-17)30(14-23(20)34(2)32)25-27-12-18(13-28-25)19-5-3-4-6-21(19)26/h3-8,11-14,16H,9-10,15H2,1-2H3/t16-,34?/m0/s1. The SMILES string of the molecule is C[C@H]1COCCN1C(=O)c1ccc2c(S(C)=O)cn(-c3ncc(-c4ccccc4F)cn3)c2c1. The van der Waals surface area contributed by atoms with Gasteiger partial charge in [-0.05, 0) is 25.1 Å². The summed E-state index contributed by atoms with van der Waals surface area (Å²) in [4.78, 5) is 24.5. The van der Waals surface area contributed by atoms with Gasteiger partial charge in [0, 0.05) is 53.5 Å². The second kappa shape index (κ2) is 9.08. The number of halogens is 1. The second-order valence-corrected chi connectivity index (χ2v) is 9.57. The smallest absolute Gasteiger partial charge is 0.254 e. The minimum Gasteiger partial charge on any atom is -0.377 e. The van der Waals surface area contributed by atoms with E-state index in [9.17, 15) is 13.4 Å². The highest BCUT2D eigenvalue weighted by molar-refractivity contribution is 7.84. The number of aromatic nitrogens is 3. The monoisotopic (exact) mass is 478 g/mol. The summed E-state index contributed by atoms with van der Waals surface area (Å²) in [5, 5.41) is 0.759. The number of rotatable bonds is 4. The Bertz CT molecular complexity index is 1400. The molecule has 4 aromatic rings. The Morgan fingerprint density at radius 2 is 1.94 bits per heavy atom. The van der Waals surface area contributed by atoms with Gasteiger partial charge in [-0.25, -0.2) is 14.4 Å². The Morgan fingerprint density at radius 3 is 2.65 bits per heavy atom. The zero-order valence-corrected chi connectivity index (χ0v) is 19.6. The summed E-state index contributed by atoms with van der Waals surface area (Å²) in [5.74, 6) is -0.0963. The van der Waals surface area contributed by atoms with E-state index < -0.39 is 10.8 Å². The van der Waals surface area contributed by atoms with Crippen LogP contribution in [0.15, 0.2) is 66.0 Å². The van der Waals surface area contributed by atoms with Gasteiger partial charge in [-0.1, -0.05) is 24.3 Å². The lowest BCUT2D eigenvalue weighted by Crippen LogP contribution is -2.47. The number of morpholine rings is 1. The molecule has 7 nitrogen and oxygen atoms in total. The highest BCUT2D eigenvalue weighted by Crippen LogP contribution is 2.29. The molecule has 1 saturated heterocycles. The van der Waals surface area contributed by atoms with Crippen molar-refractivity contribution in [2.45, 2.75) is 17.9 Å². The first-order valence-electron chi connectivity index (χ1n) is 10.9. The molecule has 2 aromatic carbocycles. The van der Waals surface area contributed by atoms with E-state index in [-0.39, 0.29) is 17.8 Å². The third-order valence-corrected chi connectivity index (χ3v) is 6.94. The van der Waals surface area contributed by atoms with Gasteiger partial charge in [0.1, 0.15) is 5.82 Å². The van der Waals surface area contributed by atoms with Gasteiger partial charge < -0.3 is 9.64 Å². The van der Waals surface area contributed by atoms with Crippen molar-refractivity contribution in [3.8, 4) is 17.1 Å². The fraction of sp³-hybridized carbons (Fsp3) is 0.240. The predicted molar refractivity (Wildman–Crippen MR) is 128 cm³/mol. The molecular weight excluding hydrogens is 455 g/mol. The molecule has 1 amide bonds. The summed E-state index contributed by atoms with van der Waals surface area (Å²) < 4.78 is 33.7. The van der Waals surface area contributed by atoms with Gasteiger partial charge in [-0.2, -0.15) is 0 Å². The molecule has 0 spiro atoms. The van der Waals surface area contributed by atoms with Crippen molar-refractivity contribution in [2.24, 2.45) is 0 Å². The van der Waals surface area contributed by atoms with Crippen molar-refractivity contribution in [3.05, 3.63) is 72.4 Å². The number of ether oxygens (including phenoxy) is 1. The van der Waals surface area contributed by atoms with Crippen molar-refractivity contribution in [1.82, 2.24) is 19.4 Å². The van der Waals surface area contributed by atoms with Crippen LogP contribution in [-0.4, -0.2) is 61.6 Å². The lowest BCUT2D eigenvalue weighted by atomic mass is 10.1. The third kappa shape index (κ3) is 4.01. The molecule has 1 aliphatic rings. The van der Waals surface area contributed by atoms with Crippen LogP contribution < -0.4 is 0 Å². The Morgan fingerprint density at radius 1 is 1.18 bits per heavy atom. The summed E-state index contributed by atoms with van der Waals surface area (Å²) in [7, 11) is -1.26. The topological polar surface area (TPSA) is 77.3 Å². The quantitative estimate of drug-likeness (QED) is 0.446. The molecule has 0 saturated carbocycles. The van der Waals surface area contributed by atoms with Gasteiger partial charge in [0.15, 0.2) is 0 Å². The summed E-state index contributed by atoms with van der Waals surface area (Å²) in [6.07, 6.45) is 6.44. The van der Waals surface area contributed by atoms with E-state index in [0.717, 1.165) is 5.39 Å². The van der Waals surface area contributed by atoms with Crippen molar-refractivity contribution < 1.29 is 18.1 Å². The van der Waals surface area contributed by atoms with Crippen molar-refractivity contribution in [1.29, 1.82) is 0 Å². The molecule has 9 heteroatoms. The number of benzene rings is 2. The van der Waals surface area contributed by atoms with E-state index in [0.29, 0.717) is 52.8 Å². The van der Waals surface area contributed by atoms with Crippen LogP contribution in [0.2, 0.25) is 0 Å². The van der Waals surface area contributed by atoms with Crippen LogP contribution in [0.5, 0.6) is 0 Å². The minimum atomic E-state index is -1.26. The molecule has 1 unspecified atom stereocenters. The van der Waals surface area contributed by atoms with Crippen LogP contribution in [0.3, 0.4) is 0 Å². The second-order valence-electron chi connectivity index (χ2n) is 8.22. The number of amides is 1. The van der Waals surface area contributed by atoms with Crippen LogP contribution in [0.25, 0.3) is 28.0 Å². The lowest BCUT2D eigenvalue weighted by molar-refractivity contribution is 0.00360. The first-order chi connectivity index (χ1) is 16.4. The number of nitrogens with zero attached hydrogens (tertiary/aromatic N) is 4. The molecule has 174 valence electrons. The molecule has 0 radical (unpaired) electrons. The highest BCUT2D eigenvalue weighted by Gasteiger charge is 2.26. The van der Waals surface area contributed by atoms with Crippen LogP contribution in [-0.2, 0) is 15.5 Å². The van der Waals surface area contributed by atoms with Crippen LogP contribution in [0.1, 0.15) is 17.3 Å². The molecule has 2 aromatic heterocycles. The van der Waals surface area contributed by atoms with Crippen LogP contribution >= 0.6 is 0 Å². The Hall–Kier alpha value is -3.43. The fourth-order valence-electron chi connectivity index (χ4n) is 4.20. The molecule has 1 aliphatic heterocycles. The Labute approximate surface area is 198 Å². The summed E-state index contributed by atoms with van der Waals surface area (Å²) in [6.45, 7) is 3.51. The summed E-state index contributed by atoms with van der Waals surface area (Å²) >= 11 is 0. The van der Waals surface area contributed by atoms with Gasteiger partial charge >= 0.3 is 0 Å². The average molecular weight is 479 g/mol. The number of hydrogen-bond donors (Lipinski definition) is 0. The van der Waals surface area contributed by atoms with Gasteiger partial charge in [0.25, 0.3) is 5.91 Å². The van der Waals surface area contributed by atoms with E-state index in [1.54, 1.807) is 64.6 Å². The first kappa shape index (κ1) is 22.4. The van der Waals surface area contributed by atoms with Crippen molar-refractivity contribution >= 4 is 27.6 Å². The maximum atomic E-state index is 14.2. The number of fused-ring (bicyclic) bond motifs is 1. The molecule has 5 rings (SSSR count). The van der Waals surface area contributed by atoms with Gasteiger partial charge in [0.05, 0.1) is 40.5 Å². The van der Waals surface area contributed by atoms with E-state index >= 15 is 0 Å². The first-order valence-corrected chi connectivity index (χ1v) is 12.4. The molecule has 3 heterocycles. The average Bonchev–Trinajstić information content (AvgIpc) is 3.24. The Kier molecular flexibility index (Phi) is 5.97. The predicted octanol–water partition coefficient (Wildman–Crippen LogP) is 3.82. The minimum absolute atomic E-state index is 0.0169. The van der Waals surface area contributed by atoms with E-state index in [1.807, 2.05) is 13.0 Å². The van der Waals surface area contributed by atoms with Crippen molar-refractivity contribution in [3.63, 3.8) is 0 Å². The Balaban J connectivity index is 1.57. The maximum absolute atomic E-state index is 14.2. The highest BCUT2D eigenvalue weighted by atomic mass is 32.2. The normalized spacial score (nSPS) is 17.1. The van der Waals surface area contributed by atoms with E-state index in [1.165, 1.54) is 6.07 Å². The summed E-state index contributed by atoms with van der Waals surface area (Å²) in [5.41, 5.74) is 2.16. The molecule has 1 fully saturated rings. The molecule has 34 heavy (non-hydrogen) atoms. The zero-order chi connectivity index (χ0) is 23.8. The molecule has 0 aliphatic carbocycles. The van der Waals surface area contributed by atoms with E-state index in [4.69, 9.17) is 4.74 Å². The lowest BCUT2D eigenvalue weighted by Gasteiger charge is -2.33. The van der Waals surface area contributed by atoms with Crippen LogP contribution in [0, 0.1) is 5.82 Å². The number of hydrogen-bond acceptors (Lipinski definition) is 5. The van der Waals surface area contributed by atoms with Gasteiger partial charge in [0.2, 0.25) is 5.95 Å². The fourth-order valence-corrected chi connectivity index (χ4v) is 4.93. The number of carbonyl (C=O) groups excluding carboxylic acids is 1.